The average molecular weight is 424 g/mol. The Hall–Kier alpha value is -2.37. The predicted octanol–water partition coefficient (Wildman–Crippen LogP) is 3.99. The quantitative estimate of drug-likeness (QED) is 0.728. The number of pyridine rings is 1. The molecular formula is C17H18F6N4O2. The lowest BCUT2D eigenvalue weighted by Gasteiger charge is -2.40. The Kier molecular flexibility index (Phi) is 4.84. The fraction of sp³-hybridized carbons (Fsp3) is 0.588. The van der Waals surface area contributed by atoms with Crippen LogP contribution < -0.4 is 5.32 Å². The molecule has 1 saturated carbocycles. The van der Waals surface area contributed by atoms with Gasteiger partial charge in [-0.05, 0) is 45.2 Å². The maximum atomic E-state index is 13.1. The van der Waals surface area contributed by atoms with Gasteiger partial charge in [0.05, 0.1) is 6.42 Å². The van der Waals surface area contributed by atoms with E-state index in [1.807, 2.05) is 0 Å². The summed E-state index contributed by atoms with van der Waals surface area (Å²) in [6, 6.07) is 1.83. The lowest BCUT2D eigenvalue weighted by atomic mass is 9.78. The average Bonchev–Trinajstić information content (AvgIpc) is 2.87. The van der Waals surface area contributed by atoms with Crippen LogP contribution in [0.3, 0.4) is 0 Å². The summed E-state index contributed by atoms with van der Waals surface area (Å²) in [5, 5.41) is 11.7. The fourth-order valence-electron chi connectivity index (χ4n) is 3.20. The molecule has 0 aliphatic heterocycles. The van der Waals surface area contributed by atoms with Gasteiger partial charge >= 0.3 is 12.4 Å². The molecule has 1 atom stereocenters. The minimum Gasteiger partial charge on any atom is -0.380 e. The predicted molar refractivity (Wildman–Crippen MR) is 90.0 cm³/mol. The number of halogens is 6. The number of nitrogens with zero attached hydrogens (tertiary/aromatic N) is 3. The highest BCUT2D eigenvalue weighted by atomic mass is 19.4. The number of nitrogens with one attached hydrogen (secondary N) is 1. The molecule has 0 saturated heterocycles. The lowest BCUT2D eigenvalue weighted by Crippen LogP contribution is -2.45. The summed E-state index contributed by atoms with van der Waals surface area (Å²) in [6.07, 6.45) is -9.10. The van der Waals surface area contributed by atoms with Gasteiger partial charge in [0.15, 0.2) is 11.2 Å². The molecule has 2 aromatic heterocycles. The van der Waals surface area contributed by atoms with E-state index >= 15 is 0 Å². The van der Waals surface area contributed by atoms with Crippen molar-refractivity contribution >= 4 is 23.0 Å². The molecule has 2 N–H and O–H groups in total. The molecule has 6 nitrogen and oxygen atoms in total. The second-order valence-electron chi connectivity index (χ2n) is 7.65. The van der Waals surface area contributed by atoms with Crippen LogP contribution in [-0.2, 0) is 16.5 Å². The van der Waals surface area contributed by atoms with E-state index in [1.165, 1.54) is 4.57 Å². The number of hydrogen-bond donors (Lipinski definition) is 2. The monoisotopic (exact) mass is 424 g/mol. The van der Waals surface area contributed by atoms with Crippen LogP contribution in [0.15, 0.2) is 12.1 Å². The maximum absolute atomic E-state index is 13.1. The molecule has 2 aromatic rings. The molecule has 0 radical (unpaired) electrons. The third-order valence-corrected chi connectivity index (χ3v) is 5.13. The van der Waals surface area contributed by atoms with E-state index in [4.69, 9.17) is 0 Å². The van der Waals surface area contributed by atoms with E-state index in [-0.39, 0.29) is 17.1 Å². The number of aromatic nitrogens is 3. The van der Waals surface area contributed by atoms with Gasteiger partial charge in [-0.3, -0.25) is 14.7 Å². The van der Waals surface area contributed by atoms with Crippen molar-refractivity contribution in [3.63, 3.8) is 0 Å². The minimum atomic E-state index is -5.03. The molecule has 1 aliphatic carbocycles. The van der Waals surface area contributed by atoms with Gasteiger partial charge in [-0.1, -0.05) is 0 Å². The van der Waals surface area contributed by atoms with Crippen LogP contribution >= 0.6 is 0 Å². The smallest absolute Gasteiger partial charge is 0.380 e. The zero-order valence-electron chi connectivity index (χ0n) is 15.4. The summed E-state index contributed by atoms with van der Waals surface area (Å²) in [5.74, 6) is -1.39. The van der Waals surface area contributed by atoms with Crippen LogP contribution in [0.25, 0.3) is 11.2 Å². The Labute approximate surface area is 160 Å². The first-order valence-corrected chi connectivity index (χ1v) is 8.70. The number of imidazole rings is 1. The van der Waals surface area contributed by atoms with E-state index < -0.39 is 41.5 Å². The molecule has 1 amide bonds. The molecule has 12 heteroatoms. The topological polar surface area (TPSA) is 80.0 Å². The van der Waals surface area contributed by atoms with Crippen LogP contribution in [0.1, 0.15) is 45.2 Å². The molecule has 0 aromatic carbocycles. The number of hydrogen-bond acceptors (Lipinski definition) is 4. The number of amides is 1. The van der Waals surface area contributed by atoms with Gasteiger partial charge in [0.2, 0.25) is 11.9 Å². The van der Waals surface area contributed by atoms with Crippen LogP contribution in [0, 0.1) is 0 Å². The summed E-state index contributed by atoms with van der Waals surface area (Å²) in [4.78, 5) is 19.8. The third kappa shape index (κ3) is 3.89. The van der Waals surface area contributed by atoms with Crippen LogP contribution in [0.2, 0.25) is 0 Å². The van der Waals surface area contributed by atoms with Crippen molar-refractivity contribution in [1.82, 2.24) is 14.5 Å². The normalized spacial score (nSPS) is 18.9. The van der Waals surface area contributed by atoms with E-state index in [0.717, 1.165) is 18.6 Å². The fourth-order valence-corrected chi connectivity index (χ4v) is 3.20. The lowest BCUT2D eigenvalue weighted by molar-refractivity contribution is -0.253. The highest BCUT2D eigenvalue weighted by Gasteiger charge is 2.51. The number of rotatable bonds is 4. The number of fused-ring (bicyclic) bond motifs is 1. The van der Waals surface area contributed by atoms with Crippen molar-refractivity contribution in [2.45, 2.75) is 63.0 Å². The molecule has 0 bridgehead atoms. The van der Waals surface area contributed by atoms with Crippen molar-refractivity contribution in [3.8, 4) is 0 Å². The summed E-state index contributed by atoms with van der Waals surface area (Å²) in [7, 11) is 0. The zero-order valence-corrected chi connectivity index (χ0v) is 15.4. The minimum absolute atomic E-state index is 0.0593. The number of anilines is 1. The summed E-state index contributed by atoms with van der Waals surface area (Å²) < 4.78 is 79.0. The molecule has 29 heavy (non-hydrogen) atoms. The first kappa shape index (κ1) is 21.3. The Balaban J connectivity index is 2.01. The van der Waals surface area contributed by atoms with Crippen molar-refractivity contribution in [1.29, 1.82) is 0 Å². The van der Waals surface area contributed by atoms with Gasteiger partial charge < -0.3 is 5.11 Å². The largest absolute Gasteiger partial charge is 0.433 e. The Bertz CT molecular complexity index is 944. The van der Waals surface area contributed by atoms with Crippen molar-refractivity contribution < 1.29 is 36.2 Å². The first-order chi connectivity index (χ1) is 13.1. The maximum Gasteiger partial charge on any atom is 0.433 e. The SMILES string of the molecule is CC1(n2c(NC(=O)CC(C)(O)C(F)(F)F)nc3ccc(C(F)(F)F)nc32)CCC1. The van der Waals surface area contributed by atoms with E-state index in [9.17, 15) is 36.2 Å². The molecule has 1 aliphatic rings. The van der Waals surface area contributed by atoms with Crippen molar-refractivity contribution in [3.05, 3.63) is 17.8 Å². The van der Waals surface area contributed by atoms with E-state index in [1.54, 1.807) is 6.92 Å². The van der Waals surface area contributed by atoms with E-state index in [0.29, 0.717) is 19.8 Å². The summed E-state index contributed by atoms with van der Waals surface area (Å²) in [6.45, 7) is 2.20. The van der Waals surface area contributed by atoms with Crippen molar-refractivity contribution in [2.24, 2.45) is 0 Å². The van der Waals surface area contributed by atoms with Crippen LogP contribution in [0.4, 0.5) is 32.3 Å². The Morgan fingerprint density at radius 2 is 1.83 bits per heavy atom. The highest BCUT2D eigenvalue weighted by Crippen LogP contribution is 2.43. The first-order valence-electron chi connectivity index (χ1n) is 8.70. The molecule has 1 fully saturated rings. The number of aliphatic hydroxyl groups is 1. The zero-order chi connectivity index (χ0) is 21.8. The number of alkyl halides is 6. The molecule has 160 valence electrons. The van der Waals surface area contributed by atoms with Gasteiger partial charge in [-0.15, -0.1) is 0 Å². The molecule has 2 heterocycles. The molecular weight excluding hydrogens is 406 g/mol. The van der Waals surface area contributed by atoms with E-state index in [2.05, 4.69) is 15.3 Å². The van der Waals surface area contributed by atoms with Gasteiger partial charge in [0, 0.05) is 5.54 Å². The summed E-state index contributed by atoms with van der Waals surface area (Å²) in [5.41, 5.74) is -5.17. The van der Waals surface area contributed by atoms with Crippen LogP contribution in [0.5, 0.6) is 0 Å². The Morgan fingerprint density at radius 1 is 1.21 bits per heavy atom. The Morgan fingerprint density at radius 3 is 2.31 bits per heavy atom. The summed E-state index contributed by atoms with van der Waals surface area (Å²) >= 11 is 0. The highest BCUT2D eigenvalue weighted by molar-refractivity contribution is 5.91. The standard InChI is InChI=1S/C17H18F6N4O2/c1-14(6-3-7-14)27-12-9(4-5-10(25-12)16(18,19)20)24-13(27)26-11(28)8-15(2,29)17(21,22)23/h4-5,29H,3,6-8H2,1-2H3,(H,24,26,28). The van der Waals surface area contributed by atoms with Gasteiger partial charge in [-0.2, -0.15) is 26.3 Å². The molecule has 1 unspecified atom stereocenters. The molecule has 0 spiro atoms. The number of carbonyl (C=O) groups is 1. The molecule has 3 rings (SSSR count). The van der Waals surface area contributed by atoms with Gasteiger partial charge in [0.25, 0.3) is 0 Å². The second-order valence-corrected chi connectivity index (χ2v) is 7.65. The van der Waals surface area contributed by atoms with Gasteiger partial charge in [0.1, 0.15) is 11.2 Å². The third-order valence-electron chi connectivity index (χ3n) is 5.13. The van der Waals surface area contributed by atoms with Crippen LogP contribution in [-0.4, -0.2) is 37.3 Å². The second kappa shape index (κ2) is 6.57. The van der Waals surface area contributed by atoms with Crippen molar-refractivity contribution in [2.75, 3.05) is 5.32 Å². The van der Waals surface area contributed by atoms with Gasteiger partial charge in [-0.25, -0.2) is 9.97 Å². The number of carbonyl (C=O) groups excluding carboxylic acids is 1.